The number of carbonyl (C=O) groups excluding carboxylic acids is 1. The minimum atomic E-state index is 0.234. The summed E-state index contributed by atoms with van der Waals surface area (Å²) in [5.41, 5.74) is 5.94. The van der Waals surface area contributed by atoms with Crippen molar-refractivity contribution in [1.29, 1.82) is 0 Å². The van der Waals surface area contributed by atoms with Crippen LogP contribution in [0.2, 0.25) is 0 Å². The zero-order chi connectivity index (χ0) is 21.7. The van der Waals surface area contributed by atoms with E-state index in [0.717, 1.165) is 31.0 Å². The second-order valence-electron chi connectivity index (χ2n) is 8.18. The molecular formula is C23H34N6O. The molecule has 1 amide bonds. The van der Waals surface area contributed by atoms with E-state index in [4.69, 9.17) is 0 Å². The van der Waals surface area contributed by atoms with E-state index in [1.165, 1.54) is 22.4 Å². The number of rotatable bonds is 7. The number of nitrogens with one attached hydrogen (secondary N) is 2. The van der Waals surface area contributed by atoms with Gasteiger partial charge >= 0.3 is 0 Å². The number of guanidine groups is 1. The number of nitrogens with zero attached hydrogens (tertiary/aromatic N) is 4. The van der Waals surface area contributed by atoms with E-state index < -0.39 is 0 Å². The Hall–Kier alpha value is -2.83. The van der Waals surface area contributed by atoms with Gasteiger partial charge in [0.1, 0.15) is 0 Å². The number of aliphatic imine (C=N–C) groups is 1. The lowest BCUT2D eigenvalue weighted by atomic mass is 10.1. The Labute approximate surface area is 179 Å². The zero-order valence-corrected chi connectivity index (χ0v) is 18.8. The van der Waals surface area contributed by atoms with Gasteiger partial charge in [-0.1, -0.05) is 24.3 Å². The van der Waals surface area contributed by atoms with E-state index in [1.54, 1.807) is 7.05 Å². The van der Waals surface area contributed by atoms with E-state index in [2.05, 4.69) is 65.8 Å². The molecule has 1 aromatic carbocycles. The number of amides is 1. The van der Waals surface area contributed by atoms with Crippen LogP contribution in [-0.2, 0) is 31.4 Å². The van der Waals surface area contributed by atoms with Gasteiger partial charge in [0.15, 0.2) is 5.96 Å². The van der Waals surface area contributed by atoms with Crippen LogP contribution >= 0.6 is 0 Å². The molecule has 1 saturated heterocycles. The van der Waals surface area contributed by atoms with Gasteiger partial charge < -0.3 is 15.5 Å². The molecule has 2 N–H and O–H groups in total. The van der Waals surface area contributed by atoms with Crippen LogP contribution in [0.1, 0.15) is 47.8 Å². The highest BCUT2D eigenvalue weighted by molar-refractivity contribution is 5.80. The first-order valence-electron chi connectivity index (χ1n) is 10.7. The fraction of sp³-hybridized carbons (Fsp3) is 0.522. The molecule has 7 heteroatoms. The molecule has 162 valence electrons. The number of benzene rings is 1. The van der Waals surface area contributed by atoms with Crippen molar-refractivity contribution in [3.8, 4) is 0 Å². The Morgan fingerprint density at radius 1 is 1.23 bits per heavy atom. The lowest BCUT2D eigenvalue weighted by Gasteiger charge is -2.19. The standard InChI is InChI=1S/C23H34N6O/c1-16(13-21-17(2)27-28(5)18(21)3)26-23(24-4)25-14-19-8-10-20(11-9-19)15-29-12-6-7-22(29)30/h8-11,16H,6-7,12-15H2,1-5H3,(H2,24,25,26). The third-order valence-corrected chi connectivity index (χ3v) is 5.80. The average Bonchev–Trinajstić information content (AvgIpc) is 3.23. The summed E-state index contributed by atoms with van der Waals surface area (Å²) in [6, 6.07) is 8.67. The lowest BCUT2D eigenvalue weighted by molar-refractivity contribution is -0.128. The van der Waals surface area contributed by atoms with Crippen LogP contribution in [-0.4, -0.2) is 46.2 Å². The van der Waals surface area contributed by atoms with Crippen molar-refractivity contribution in [2.24, 2.45) is 12.0 Å². The Morgan fingerprint density at radius 3 is 2.50 bits per heavy atom. The average molecular weight is 411 g/mol. The largest absolute Gasteiger partial charge is 0.354 e. The molecule has 1 aliphatic heterocycles. The number of likely N-dealkylation sites (tertiary alicyclic amines) is 1. The van der Waals surface area contributed by atoms with E-state index in [9.17, 15) is 4.79 Å². The first-order chi connectivity index (χ1) is 14.4. The summed E-state index contributed by atoms with van der Waals surface area (Å²) in [4.78, 5) is 18.1. The van der Waals surface area contributed by atoms with Gasteiger partial charge in [-0.2, -0.15) is 5.10 Å². The van der Waals surface area contributed by atoms with Crippen LogP contribution in [0.5, 0.6) is 0 Å². The third-order valence-electron chi connectivity index (χ3n) is 5.80. The summed E-state index contributed by atoms with van der Waals surface area (Å²) in [5.74, 6) is 1.05. The molecule has 0 saturated carbocycles. The molecule has 0 radical (unpaired) electrons. The van der Waals surface area contributed by atoms with Crippen molar-refractivity contribution >= 4 is 11.9 Å². The second-order valence-corrected chi connectivity index (χ2v) is 8.18. The summed E-state index contributed by atoms with van der Waals surface area (Å²) in [6.45, 7) is 8.61. The number of aryl methyl sites for hydroxylation is 2. The maximum Gasteiger partial charge on any atom is 0.222 e. The van der Waals surface area contributed by atoms with E-state index >= 15 is 0 Å². The van der Waals surface area contributed by atoms with Crippen LogP contribution in [0.3, 0.4) is 0 Å². The molecule has 1 aliphatic rings. The van der Waals surface area contributed by atoms with Crippen LogP contribution in [0.15, 0.2) is 29.3 Å². The van der Waals surface area contributed by atoms with Gasteiger partial charge in [-0.25, -0.2) is 0 Å². The van der Waals surface area contributed by atoms with Gasteiger partial charge in [0.25, 0.3) is 0 Å². The first kappa shape index (κ1) is 21.9. The predicted octanol–water partition coefficient (Wildman–Crippen LogP) is 2.46. The molecule has 1 aromatic heterocycles. The minimum absolute atomic E-state index is 0.234. The molecule has 0 bridgehead atoms. The molecular weight excluding hydrogens is 376 g/mol. The van der Waals surface area contributed by atoms with Crippen LogP contribution in [0.25, 0.3) is 0 Å². The highest BCUT2D eigenvalue weighted by atomic mass is 16.2. The maximum absolute atomic E-state index is 11.8. The van der Waals surface area contributed by atoms with Crippen LogP contribution in [0.4, 0.5) is 0 Å². The zero-order valence-electron chi connectivity index (χ0n) is 18.8. The minimum Gasteiger partial charge on any atom is -0.354 e. The molecule has 1 fully saturated rings. The van der Waals surface area contributed by atoms with E-state index in [0.29, 0.717) is 19.5 Å². The number of hydrogen-bond donors (Lipinski definition) is 2. The normalized spacial score (nSPS) is 15.6. The van der Waals surface area contributed by atoms with Gasteiger partial charge in [-0.15, -0.1) is 0 Å². The fourth-order valence-corrected chi connectivity index (χ4v) is 3.94. The van der Waals surface area contributed by atoms with Gasteiger partial charge in [0, 0.05) is 51.9 Å². The molecule has 3 rings (SSSR count). The van der Waals surface area contributed by atoms with E-state index in [-0.39, 0.29) is 11.9 Å². The predicted molar refractivity (Wildman–Crippen MR) is 120 cm³/mol. The molecule has 30 heavy (non-hydrogen) atoms. The van der Waals surface area contributed by atoms with Crippen LogP contribution in [0, 0.1) is 13.8 Å². The maximum atomic E-state index is 11.8. The monoisotopic (exact) mass is 410 g/mol. The summed E-state index contributed by atoms with van der Waals surface area (Å²) in [5, 5.41) is 11.4. The second kappa shape index (κ2) is 9.78. The van der Waals surface area contributed by atoms with Crippen molar-refractivity contribution < 1.29 is 4.79 Å². The smallest absolute Gasteiger partial charge is 0.222 e. The topological polar surface area (TPSA) is 74.6 Å². The summed E-state index contributed by atoms with van der Waals surface area (Å²) >= 11 is 0. The van der Waals surface area contributed by atoms with Gasteiger partial charge in [0.2, 0.25) is 5.91 Å². The lowest BCUT2D eigenvalue weighted by Crippen LogP contribution is -2.42. The third kappa shape index (κ3) is 5.40. The Balaban J connectivity index is 1.49. The number of hydrogen-bond acceptors (Lipinski definition) is 3. The highest BCUT2D eigenvalue weighted by Gasteiger charge is 2.19. The fourth-order valence-electron chi connectivity index (χ4n) is 3.94. The van der Waals surface area contributed by atoms with Crippen LogP contribution < -0.4 is 10.6 Å². The number of aromatic nitrogens is 2. The Morgan fingerprint density at radius 2 is 1.93 bits per heavy atom. The molecule has 1 atom stereocenters. The quantitative estimate of drug-likeness (QED) is 0.543. The first-order valence-corrected chi connectivity index (χ1v) is 10.7. The Bertz CT molecular complexity index is 899. The van der Waals surface area contributed by atoms with Crippen molar-refractivity contribution in [2.75, 3.05) is 13.6 Å². The molecule has 0 spiro atoms. The van der Waals surface area contributed by atoms with Crippen molar-refractivity contribution in [1.82, 2.24) is 25.3 Å². The van der Waals surface area contributed by atoms with Crippen molar-refractivity contribution in [2.45, 2.75) is 59.2 Å². The molecule has 7 nitrogen and oxygen atoms in total. The Kier molecular flexibility index (Phi) is 7.13. The van der Waals surface area contributed by atoms with Crippen molar-refractivity contribution in [3.63, 3.8) is 0 Å². The van der Waals surface area contributed by atoms with Gasteiger partial charge in [-0.3, -0.25) is 14.5 Å². The van der Waals surface area contributed by atoms with E-state index in [1.807, 2.05) is 16.6 Å². The molecule has 2 aromatic rings. The summed E-state index contributed by atoms with van der Waals surface area (Å²) < 4.78 is 1.94. The molecule has 1 unspecified atom stereocenters. The van der Waals surface area contributed by atoms with Gasteiger partial charge in [0.05, 0.1) is 5.69 Å². The summed E-state index contributed by atoms with van der Waals surface area (Å²) in [7, 11) is 3.78. The number of carbonyl (C=O) groups is 1. The molecule has 2 heterocycles. The molecule has 0 aliphatic carbocycles. The highest BCUT2D eigenvalue weighted by Crippen LogP contribution is 2.15. The van der Waals surface area contributed by atoms with Gasteiger partial charge in [-0.05, 0) is 50.3 Å². The van der Waals surface area contributed by atoms with Crippen molar-refractivity contribution in [3.05, 3.63) is 52.3 Å². The SMILES string of the molecule is CN=C(NCc1ccc(CN2CCCC2=O)cc1)NC(C)Cc1c(C)nn(C)c1C. The summed E-state index contributed by atoms with van der Waals surface area (Å²) in [6.07, 6.45) is 2.56.